The van der Waals surface area contributed by atoms with E-state index < -0.39 is 0 Å². The van der Waals surface area contributed by atoms with Gasteiger partial charge in [0, 0.05) is 26.0 Å². The summed E-state index contributed by atoms with van der Waals surface area (Å²) in [6, 6.07) is 6.27. The van der Waals surface area contributed by atoms with Crippen LogP contribution in [0.25, 0.3) is 0 Å². The van der Waals surface area contributed by atoms with E-state index in [4.69, 9.17) is 4.74 Å². The molecule has 0 radical (unpaired) electrons. The second-order valence-corrected chi connectivity index (χ2v) is 6.90. The molecule has 1 aromatic rings. The molecule has 1 saturated carbocycles. The molecule has 2 amide bonds. The lowest BCUT2D eigenvalue weighted by Gasteiger charge is -2.35. The lowest BCUT2D eigenvalue weighted by molar-refractivity contribution is -0.129. The zero-order valence-electron chi connectivity index (χ0n) is 15.6. The van der Waals surface area contributed by atoms with Crippen molar-refractivity contribution in [3.63, 3.8) is 0 Å². The Bertz CT molecular complexity index is 608. The minimum Gasteiger partial charge on any atom is -0.376 e. The summed E-state index contributed by atoms with van der Waals surface area (Å²) in [6.07, 6.45) is 3.57. The van der Waals surface area contributed by atoms with Crippen molar-refractivity contribution in [1.29, 1.82) is 0 Å². The van der Waals surface area contributed by atoms with Crippen LogP contribution in [0.2, 0.25) is 0 Å². The molecular weight excluding hydrogens is 335 g/mol. The Hall–Kier alpha value is -1.95. The number of hydrogen-bond donors (Lipinski definition) is 2. The highest BCUT2D eigenvalue weighted by molar-refractivity contribution is 5.79. The van der Waals surface area contributed by atoms with Gasteiger partial charge in [-0.1, -0.05) is 19.1 Å². The normalized spacial score (nSPS) is 22.7. The molecule has 3 atom stereocenters. The Labute approximate surface area is 154 Å². The average Bonchev–Trinajstić information content (AvgIpc) is 2.60. The number of hydrogen-bond acceptors (Lipinski definition) is 3. The smallest absolute Gasteiger partial charge is 0.223 e. The number of ether oxygens (including phenoxy) is 1. The van der Waals surface area contributed by atoms with Gasteiger partial charge in [0.05, 0.1) is 12.1 Å². The van der Waals surface area contributed by atoms with Gasteiger partial charge in [0.1, 0.15) is 5.82 Å². The predicted octanol–water partition coefficient (Wildman–Crippen LogP) is 2.58. The molecule has 0 aromatic heterocycles. The minimum atomic E-state index is -0.266. The summed E-state index contributed by atoms with van der Waals surface area (Å²) < 4.78 is 19.0. The second-order valence-electron chi connectivity index (χ2n) is 6.90. The Morgan fingerprint density at radius 3 is 2.81 bits per heavy atom. The van der Waals surface area contributed by atoms with Crippen molar-refractivity contribution in [2.45, 2.75) is 58.1 Å². The Morgan fingerprint density at radius 1 is 1.31 bits per heavy atom. The molecule has 1 aliphatic rings. The summed E-state index contributed by atoms with van der Waals surface area (Å²) in [5.41, 5.74) is 0.859. The Balaban J connectivity index is 1.83. The molecule has 1 aliphatic carbocycles. The number of halogens is 1. The fourth-order valence-electron chi connectivity index (χ4n) is 3.43. The summed E-state index contributed by atoms with van der Waals surface area (Å²) in [6.45, 7) is 4.66. The number of amides is 2. The molecule has 2 rings (SSSR count). The molecule has 0 unspecified atom stereocenters. The molecule has 0 aliphatic heterocycles. The van der Waals surface area contributed by atoms with Gasteiger partial charge in [-0.2, -0.15) is 0 Å². The van der Waals surface area contributed by atoms with Crippen molar-refractivity contribution in [1.82, 2.24) is 10.6 Å². The van der Waals surface area contributed by atoms with Gasteiger partial charge in [0.15, 0.2) is 0 Å². The summed E-state index contributed by atoms with van der Waals surface area (Å²) in [4.78, 5) is 23.9. The van der Waals surface area contributed by atoms with Gasteiger partial charge in [-0.25, -0.2) is 4.39 Å². The van der Waals surface area contributed by atoms with Crippen LogP contribution in [0.3, 0.4) is 0 Å². The molecule has 26 heavy (non-hydrogen) atoms. The van der Waals surface area contributed by atoms with Crippen LogP contribution in [0.1, 0.15) is 45.1 Å². The van der Waals surface area contributed by atoms with Crippen molar-refractivity contribution in [2.24, 2.45) is 5.92 Å². The van der Waals surface area contributed by atoms with Crippen LogP contribution in [0.15, 0.2) is 24.3 Å². The highest BCUT2D eigenvalue weighted by atomic mass is 19.1. The van der Waals surface area contributed by atoms with Crippen LogP contribution < -0.4 is 10.6 Å². The monoisotopic (exact) mass is 364 g/mol. The van der Waals surface area contributed by atoms with Gasteiger partial charge in [0.25, 0.3) is 0 Å². The standard InChI is InChI=1S/C20H29FN2O3/c1-3-11-26-19-8-7-16(13-18(19)23-14(2)24)20(25)22-10-9-15-5-4-6-17(21)12-15/h4-6,12,16,18-19H,3,7-11,13H2,1-2H3,(H,22,25)(H,23,24)/t16-,18+,19+/m0/s1. The molecule has 2 N–H and O–H groups in total. The maximum Gasteiger partial charge on any atom is 0.223 e. The fourth-order valence-corrected chi connectivity index (χ4v) is 3.43. The van der Waals surface area contributed by atoms with Crippen LogP contribution in [0, 0.1) is 11.7 Å². The first-order valence-corrected chi connectivity index (χ1v) is 9.40. The van der Waals surface area contributed by atoms with Crippen molar-refractivity contribution >= 4 is 11.8 Å². The Kier molecular flexibility index (Phi) is 8.04. The highest BCUT2D eigenvalue weighted by Gasteiger charge is 2.34. The van der Waals surface area contributed by atoms with Crippen molar-refractivity contribution in [3.8, 4) is 0 Å². The van der Waals surface area contributed by atoms with Crippen LogP contribution in [-0.2, 0) is 20.7 Å². The molecular formula is C20H29FN2O3. The van der Waals surface area contributed by atoms with Gasteiger partial charge in [-0.15, -0.1) is 0 Å². The molecule has 0 bridgehead atoms. The average molecular weight is 364 g/mol. The highest BCUT2D eigenvalue weighted by Crippen LogP contribution is 2.27. The summed E-state index contributed by atoms with van der Waals surface area (Å²) in [5.74, 6) is -0.517. The van der Waals surface area contributed by atoms with Crippen molar-refractivity contribution in [3.05, 3.63) is 35.6 Å². The fraction of sp³-hybridized carbons (Fsp3) is 0.600. The third kappa shape index (κ3) is 6.41. The quantitative estimate of drug-likeness (QED) is 0.745. The molecule has 1 fully saturated rings. The van der Waals surface area contributed by atoms with E-state index in [2.05, 4.69) is 10.6 Å². The van der Waals surface area contributed by atoms with Crippen LogP contribution in [0.5, 0.6) is 0 Å². The van der Waals surface area contributed by atoms with Crippen molar-refractivity contribution < 1.29 is 18.7 Å². The number of rotatable bonds is 8. The van der Waals surface area contributed by atoms with E-state index in [1.807, 2.05) is 13.0 Å². The van der Waals surface area contributed by atoms with E-state index in [9.17, 15) is 14.0 Å². The summed E-state index contributed by atoms with van der Waals surface area (Å²) >= 11 is 0. The van der Waals surface area contributed by atoms with Crippen LogP contribution in [-0.4, -0.2) is 37.1 Å². The number of carbonyl (C=O) groups excluding carboxylic acids is 2. The first kappa shape index (κ1) is 20.4. The van der Waals surface area contributed by atoms with E-state index >= 15 is 0 Å². The zero-order chi connectivity index (χ0) is 18.9. The van der Waals surface area contributed by atoms with Crippen LogP contribution >= 0.6 is 0 Å². The molecule has 144 valence electrons. The van der Waals surface area contributed by atoms with Crippen LogP contribution in [0.4, 0.5) is 4.39 Å². The molecule has 0 spiro atoms. The third-order valence-corrected chi connectivity index (χ3v) is 4.68. The molecule has 0 saturated heterocycles. The molecule has 6 heteroatoms. The number of nitrogens with one attached hydrogen (secondary N) is 2. The van der Waals surface area contributed by atoms with Gasteiger partial charge >= 0.3 is 0 Å². The second kappa shape index (κ2) is 10.3. The van der Waals surface area contributed by atoms with E-state index in [1.165, 1.54) is 19.1 Å². The number of carbonyl (C=O) groups is 2. The summed E-state index contributed by atoms with van der Waals surface area (Å²) in [5, 5.41) is 5.87. The largest absolute Gasteiger partial charge is 0.376 e. The topological polar surface area (TPSA) is 67.4 Å². The molecule has 1 aromatic carbocycles. The zero-order valence-corrected chi connectivity index (χ0v) is 15.6. The maximum atomic E-state index is 13.2. The van der Waals surface area contributed by atoms with Gasteiger partial charge in [-0.05, 0) is 49.8 Å². The number of benzene rings is 1. The summed E-state index contributed by atoms with van der Waals surface area (Å²) in [7, 11) is 0. The van der Waals surface area contributed by atoms with Gasteiger partial charge < -0.3 is 15.4 Å². The molecule has 0 heterocycles. The first-order valence-electron chi connectivity index (χ1n) is 9.40. The maximum absolute atomic E-state index is 13.2. The van der Waals surface area contributed by atoms with E-state index in [0.29, 0.717) is 26.0 Å². The SMILES string of the molecule is CCCO[C@@H]1CC[C@H](C(=O)NCCc2cccc(F)c2)C[C@H]1NC(C)=O. The Morgan fingerprint density at radius 2 is 2.12 bits per heavy atom. The predicted molar refractivity (Wildman–Crippen MR) is 98.1 cm³/mol. The van der Waals surface area contributed by atoms with Gasteiger partial charge in [-0.3, -0.25) is 9.59 Å². The third-order valence-electron chi connectivity index (χ3n) is 4.68. The lowest BCUT2D eigenvalue weighted by Crippen LogP contribution is -2.50. The molecule has 5 nitrogen and oxygen atoms in total. The lowest BCUT2D eigenvalue weighted by atomic mass is 9.83. The minimum absolute atomic E-state index is 0.00861. The first-order chi connectivity index (χ1) is 12.5. The van der Waals surface area contributed by atoms with E-state index in [-0.39, 0.29) is 35.7 Å². The van der Waals surface area contributed by atoms with Gasteiger partial charge in [0.2, 0.25) is 11.8 Å². The van der Waals surface area contributed by atoms with Crippen molar-refractivity contribution in [2.75, 3.05) is 13.2 Å². The van der Waals surface area contributed by atoms with E-state index in [1.54, 1.807) is 6.07 Å². The van der Waals surface area contributed by atoms with E-state index in [0.717, 1.165) is 24.8 Å².